The third kappa shape index (κ3) is 3.69. The predicted octanol–water partition coefficient (Wildman–Crippen LogP) is 2.17. The SMILES string of the molecule is CCCN(CCN(C)C)C1(CN)CCCCC1C. The minimum Gasteiger partial charge on any atom is -0.329 e. The fraction of sp³-hybridized carbons (Fsp3) is 1.00. The summed E-state index contributed by atoms with van der Waals surface area (Å²) in [4.78, 5) is 4.97. The molecule has 18 heavy (non-hydrogen) atoms. The first-order valence-corrected chi connectivity index (χ1v) is 7.66. The molecule has 0 bridgehead atoms. The standard InChI is InChI=1S/C15H33N3/c1-5-10-18(12-11-17(3)4)15(13-16)9-7-6-8-14(15)2/h14H,5-13,16H2,1-4H3. The second-order valence-corrected chi connectivity index (χ2v) is 6.24. The van der Waals surface area contributed by atoms with Crippen LogP contribution in [-0.4, -0.2) is 55.6 Å². The normalized spacial score (nSPS) is 29.2. The molecule has 108 valence electrons. The molecule has 2 N–H and O–H groups in total. The summed E-state index contributed by atoms with van der Waals surface area (Å²) >= 11 is 0. The molecule has 0 heterocycles. The number of rotatable bonds is 7. The lowest BCUT2D eigenvalue weighted by atomic mass is 9.72. The molecular weight excluding hydrogens is 222 g/mol. The van der Waals surface area contributed by atoms with Gasteiger partial charge >= 0.3 is 0 Å². The van der Waals surface area contributed by atoms with E-state index in [9.17, 15) is 0 Å². The highest BCUT2D eigenvalue weighted by atomic mass is 15.2. The average molecular weight is 255 g/mol. The van der Waals surface area contributed by atoms with Crippen molar-refractivity contribution in [3.63, 3.8) is 0 Å². The van der Waals surface area contributed by atoms with E-state index >= 15 is 0 Å². The van der Waals surface area contributed by atoms with Gasteiger partial charge in [-0.15, -0.1) is 0 Å². The maximum absolute atomic E-state index is 6.21. The molecule has 0 aromatic heterocycles. The first-order chi connectivity index (χ1) is 8.56. The van der Waals surface area contributed by atoms with Gasteiger partial charge in [0.1, 0.15) is 0 Å². The molecule has 0 spiro atoms. The monoisotopic (exact) mass is 255 g/mol. The summed E-state index contributed by atoms with van der Waals surface area (Å²) in [6, 6.07) is 0. The molecule has 0 aliphatic heterocycles. The summed E-state index contributed by atoms with van der Waals surface area (Å²) in [6.07, 6.45) is 6.60. The lowest BCUT2D eigenvalue weighted by molar-refractivity contribution is 0.00931. The summed E-state index contributed by atoms with van der Waals surface area (Å²) in [6.45, 7) is 8.98. The van der Waals surface area contributed by atoms with Crippen molar-refractivity contribution in [2.45, 2.75) is 51.5 Å². The van der Waals surface area contributed by atoms with Crippen LogP contribution in [-0.2, 0) is 0 Å². The topological polar surface area (TPSA) is 32.5 Å². The van der Waals surface area contributed by atoms with Gasteiger partial charge < -0.3 is 10.6 Å². The van der Waals surface area contributed by atoms with Gasteiger partial charge in [-0.25, -0.2) is 0 Å². The zero-order valence-corrected chi connectivity index (χ0v) is 12.9. The van der Waals surface area contributed by atoms with Crippen LogP contribution in [0.2, 0.25) is 0 Å². The Balaban J connectivity index is 2.77. The number of nitrogens with zero attached hydrogens (tertiary/aromatic N) is 2. The highest BCUT2D eigenvalue weighted by molar-refractivity contribution is 4.98. The van der Waals surface area contributed by atoms with Crippen molar-refractivity contribution >= 4 is 0 Å². The number of nitrogens with two attached hydrogens (primary N) is 1. The van der Waals surface area contributed by atoms with E-state index < -0.39 is 0 Å². The fourth-order valence-electron chi connectivity index (χ4n) is 3.45. The highest BCUT2D eigenvalue weighted by Crippen LogP contribution is 2.37. The molecule has 1 saturated carbocycles. The molecule has 2 atom stereocenters. The molecule has 0 saturated heterocycles. The molecule has 1 fully saturated rings. The van der Waals surface area contributed by atoms with Crippen LogP contribution in [0.1, 0.15) is 46.0 Å². The van der Waals surface area contributed by atoms with E-state index in [0.717, 1.165) is 25.6 Å². The molecular formula is C15H33N3. The molecule has 1 rings (SSSR count). The fourth-order valence-corrected chi connectivity index (χ4v) is 3.45. The van der Waals surface area contributed by atoms with E-state index in [-0.39, 0.29) is 5.54 Å². The van der Waals surface area contributed by atoms with E-state index in [2.05, 4.69) is 37.7 Å². The van der Waals surface area contributed by atoms with Gasteiger partial charge in [-0.3, -0.25) is 4.90 Å². The summed E-state index contributed by atoms with van der Waals surface area (Å²) in [5.41, 5.74) is 6.48. The van der Waals surface area contributed by atoms with Crippen molar-refractivity contribution in [3.8, 4) is 0 Å². The Morgan fingerprint density at radius 2 is 1.89 bits per heavy atom. The maximum atomic E-state index is 6.21. The first kappa shape index (κ1) is 15.9. The molecule has 1 aliphatic carbocycles. The van der Waals surface area contributed by atoms with Gasteiger partial charge in [-0.2, -0.15) is 0 Å². The number of hydrogen-bond acceptors (Lipinski definition) is 3. The average Bonchev–Trinajstić information content (AvgIpc) is 2.35. The van der Waals surface area contributed by atoms with E-state index in [0.29, 0.717) is 0 Å². The zero-order valence-electron chi connectivity index (χ0n) is 12.9. The summed E-state index contributed by atoms with van der Waals surface area (Å²) in [5.74, 6) is 0.741. The Morgan fingerprint density at radius 3 is 2.39 bits per heavy atom. The van der Waals surface area contributed by atoms with Gasteiger partial charge in [0.05, 0.1) is 0 Å². The Labute approximate surface area is 114 Å². The molecule has 0 aromatic rings. The van der Waals surface area contributed by atoms with Gasteiger partial charge in [-0.05, 0) is 45.8 Å². The number of likely N-dealkylation sites (N-methyl/N-ethyl adjacent to an activating group) is 1. The molecule has 0 aromatic carbocycles. The molecule has 1 aliphatic rings. The van der Waals surface area contributed by atoms with E-state index in [4.69, 9.17) is 5.73 Å². The lowest BCUT2D eigenvalue weighted by Crippen LogP contribution is -2.60. The van der Waals surface area contributed by atoms with E-state index in [1.165, 1.54) is 38.6 Å². The van der Waals surface area contributed by atoms with Gasteiger partial charge in [0.25, 0.3) is 0 Å². The minimum atomic E-state index is 0.268. The van der Waals surface area contributed by atoms with E-state index in [1.807, 2.05) is 0 Å². The minimum absolute atomic E-state index is 0.268. The highest BCUT2D eigenvalue weighted by Gasteiger charge is 2.41. The van der Waals surface area contributed by atoms with Crippen LogP contribution in [0, 0.1) is 5.92 Å². The van der Waals surface area contributed by atoms with Crippen molar-refractivity contribution in [3.05, 3.63) is 0 Å². The largest absolute Gasteiger partial charge is 0.329 e. The van der Waals surface area contributed by atoms with Gasteiger partial charge in [0, 0.05) is 25.2 Å². The van der Waals surface area contributed by atoms with Crippen LogP contribution in [0.5, 0.6) is 0 Å². The molecule has 0 amide bonds. The summed E-state index contributed by atoms with van der Waals surface area (Å²) < 4.78 is 0. The van der Waals surface area contributed by atoms with Crippen molar-refractivity contribution in [1.82, 2.24) is 9.80 Å². The summed E-state index contributed by atoms with van der Waals surface area (Å²) in [5, 5.41) is 0. The quantitative estimate of drug-likeness (QED) is 0.757. The van der Waals surface area contributed by atoms with Crippen molar-refractivity contribution in [2.24, 2.45) is 11.7 Å². The Hall–Kier alpha value is -0.120. The first-order valence-electron chi connectivity index (χ1n) is 7.66. The second kappa shape index (κ2) is 7.46. The third-order valence-corrected chi connectivity index (χ3v) is 4.71. The van der Waals surface area contributed by atoms with Gasteiger partial charge in [0.2, 0.25) is 0 Å². The molecule has 0 radical (unpaired) electrons. The van der Waals surface area contributed by atoms with Crippen molar-refractivity contribution in [2.75, 3.05) is 40.3 Å². The Kier molecular flexibility index (Phi) is 6.61. The molecule has 2 unspecified atom stereocenters. The van der Waals surface area contributed by atoms with Crippen LogP contribution < -0.4 is 5.73 Å². The third-order valence-electron chi connectivity index (χ3n) is 4.71. The maximum Gasteiger partial charge on any atom is 0.0357 e. The zero-order chi connectivity index (χ0) is 13.6. The van der Waals surface area contributed by atoms with Crippen LogP contribution in [0.25, 0.3) is 0 Å². The number of hydrogen-bond donors (Lipinski definition) is 1. The molecule has 3 nitrogen and oxygen atoms in total. The van der Waals surface area contributed by atoms with Crippen molar-refractivity contribution in [1.29, 1.82) is 0 Å². The second-order valence-electron chi connectivity index (χ2n) is 6.24. The van der Waals surface area contributed by atoms with Crippen LogP contribution >= 0.6 is 0 Å². The summed E-state index contributed by atoms with van der Waals surface area (Å²) in [7, 11) is 4.31. The van der Waals surface area contributed by atoms with Crippen LogP contribution in [0.3, 0.4) is 0 Å². The van der Waals surface area contributed by atoms with Crippen LogP contribution in [0.15, 0.2) is 0 Å². The molecule has 3 heteroatoms. The Morgan fingerprint density at radius 1 is 1.17 bits per heavy atom. The van der Waals surface area contributed by atoms with Crippen molar-refractivity contribution < 1.29 is 0 Å². The van der Waals surface area contributed by atoms with Crippen LogP contribution in [0.4, 0.5) is 0 Å². The smallest absolute Gasteiger partial charge is 0.0357 e. The lowest BCUT2D eigenvalue weighted by Gasteiger charge is -2.50. The van der Waals surface area contributed by atoms with Gasteiger partial charge in [-0.1, -0.05) is 26.7 Å². The van der Waals surface area contributed by atoms with E-state index in [1.54, 1.807) is 0 Å². The predicted molar refractivity (Wildman–Crippen MR) is 79.8 cm³/mol. The van der Waals surface area contributed by atoms with Gasteiger partial charge in [0.15, 0.2) is 0 Å². The Bertz CT molecular complexity index is 230.